The van der Waals surface area contributed by atoms with Gasteiger partial charge >= 0.3 is 0 Å². The summed E-state index contributed by atoms with van der Waals surface area (Å²) in [6.45, 7) is 8.08. The van der Waals surface area contributed by atoms with Gasteiger partial charge in [-0.25, -0.2) is 4.99 Å². The average molecular weight is 338 g/mol. The molecule has 140 valence electrons. The number of nitrogens with zero attached hydrogens (tertiary/aromatic N) is 2. The van der Waals surface area contributed by atoms with Crippen molar-refractivity contribution in [3.63, 3.8) is 0 Å². The molecule has 0 saturated carbocycles. The molecule has 0 aliphatic carbocycles. The van der Waals surface area contributed by atoms with Gasteiger partial charge in [-0.2, -0.15) is 0 Å². The number of hydrogen-bond acceptors (Lipinski definition) is 2. The largest absolute Gasteiger partial charge is 0.345 e. The van der Waals surface area contributed by atoms with E-state index in [0.717, 1.165) is 19.5 Å². The van der Waals surface area contributed by atoms with Gasteiger partial charge in [0.05, 0.1) is 12.8 Å². The number of aliphatic imine (C=N–C) groups is 1. The predicted octanol–water partition coefficient (Wildman–Crippen LogP) is 5.44. The van der Waals surface area contributed by atoms with Crippen LogP contribution in [0.1, 0.15) is 91.4 Å². The van der Waals surface area contributed by atoms with E-state index in [9.17, 15) is 5.11 Å². The quantitative estimate of drug-likeness (QED) is 0.255. The van der Waals surface area contributed by atoms with Crippen LogP contribution in [0, 0.1) is 0 Å². The topological polar surface area (TPSA) is 32.6 Å². The standard InChI is InChI=1S/C21H41N2O/c1-4-6-7-8-9-10-11-12-13-14-15-16-17-21-22-18-19-23(21,5-2)20(3)24/h16-18,20-21,24H,4-15,19H2,1-3H3/q+1/b17-16+. The first kappa shape index (κ1) is 21.4. The van der Waals surface area contributed by atoms with Crippen LogP contribution in [0.4, 0.5) is 0 Å². The maximum Gasteiger partial charge on any atom is 0.204 e. The first-order valence-electron chi connectivity index (χ1n) is 10.4. The minimum absolute atomic E-state index is 0.109. The summed E-state index contributed by atoms with van der Waals surface area (Å²) < 4.78 is 0.661. The van der Waals surface area contributed by atoms with E-state index >= 15 is 0 Å². The molecule has 1 aliphatic heterocycles. The highest BCUT2D eigenvalue weighted by Gasteiger charge is 2.40. The van der Waals surface area contributed by atoms with Crippen molar-refractivity contribution in [1.82, 2.24) is 0 Å². The Morgan fingerprint density at radius 1 is 1.04 bits per heavy atom. The van der Waals surface area contributed by atoms with Gasteiger partial charge in [0, 0.05) is 6.92 Å². The molecule has 24 heavy (non-hydrogen) atoms. The van der Waals surface area contributed by atoms with Crippen molar-refractivity contribution in [3.8, 4) is 0 Å². The van der Waals surface area contributed by atoms with E-state index in [1.165, 1.54) is 64.2 Å². The van der Waals surface area contributed by atoms with E-state index in [2.05, 4.69) is 31.0 Å². The van der Waals surface area contributed by atoms with Gasteiger partial charge in [0.15, 0.2) is 6.23 Å². The second-order valence-corrected chi connectivity index (χ2v) is 7.38. The van der Waals surface area contributed by atoms with Crippen molar-refractivity contribution in [2.75, 3.05) is 13.1 Å². The molecular weight excluding hydrogens is 296 g/mol. The lowest BCUT2D eigenvalue weighted by atomic mass is 10.1. The van der Waals surface area contributed by atoms with Gasteiger partial charge in [0.1, 0.15) is 6.54 Å². The lowest BCUT2D eigenvalue weighted by molar-refractivity contribution is -0.970. The van der Waals surface area contributed by atoms with Crippen LogP contribution in [0.2, 0.25) is 0 Å². The van der Waals surface area contributed by atoms with E-state index < -0.39 is 0 Å². The molecule has 0 bridgehead atoms. The van der Waals surface area contributed by atoms with Crippen LogP contribution < -0.4 is 0 Å². The van der Waals surface area contributed by atoms with Crippen LogP contribution in [0.25, 0.3) is 0 Å². The maximum atomic E-state index is 10.1. The Hall–Kier alpha value is -0.670. The van der Waals surface area contributed by atoms with Crippen LogP contribution in [0.15, 0.2) is 17.1 Å². The summed E-state index contributed by atoms with van der Waals surface area (Å²) in [6.07, 6.45) is 21.2. The van der Waals surface area contributed by atoms with Gasteiger partial charge in [0.25, 0.3) is 0 Å². The summed E-state index contributed by atoms with van der Waals surface area (Å²) in [4.78, 5) is 4.57. The maximum absolute atomic E-state index is 10.1. The fourth-order valence-electron chi connectivity index (χ4n) is 3.69. The number of quaternary nitrogens is 1. The molecular formula is C21H41N2O+. The van der Waals surface area contributed by atoms with Crippen molar-refractivity contribution in [2.45, 2.75) is 104 Å². The zero-order valence-electron chi connectivity index (χ0n) is 16.4. The molecule has 1 aliphatic rings. The first-order chi connectivity index (χ1) is 11.7. The highest BCUT2D eigenvalue weighted by Crippen LogP contribution is 2.23. The Bertz CT molecular complexity index is 365. The SMILES string of the molecule is CCCCCCCCCCCC/C=C/C1N=CC[N+]1(CC)C(C)O. The molecule has 0 fully saturated rings. The van der Waals surface area contributed by atoms with Crippen LogP contribution in [-0.2, 0) is 0 Å². The summed E-state index contributed by atoms with van der Waals surface area (Å²) in [6, 6.07) is 0. The Balaban J connectivity index is 2.06. The summed E-state index contributed by atoms with van der Waals surface area (Å²) in [5, 5.41) is 10.1. The van der Waals surface area contributed by atoms with E-state index in [0.29, 0.717) is 4.48 Å². The average Bonchev–Trinajstić information content (AvgIpc) is 3.00. The van der Waals surface area contributed by atoms with Crippen molar-refractivity contribution >= 4 is 6.21 Å². The monoisotopic (exact) mass is 337 g/mol. The molecule has 0 saturated heterocycles. The summed E-state index contributed by atoms with van der Waals surface area (Å²) in [7, 11) is 0. The first-order valence-corrected chi connectivity index (χ1v) is 10.4. The predicted molar refractivity (Wildman–Crippen MR) is 105 cm³/mol. The highest BCUT2D eigenvalue weighted by molar-refractivity contribution is 5.60. The van der Waals surface area contributed by atoms with Gasteiger partial charge in [-0.05, 0) is 25.8 Å². The molecule has 0 aromatic rings. The highest BCUT2D eigenvalue weighted by atomic mass is 16.3. The Morgan fingerprint density at radius 2 is 1.62 bits per heavy atom. The number of hydrogen-bond donors (Lipinski definition) is 1. The van der Waals surface area contributed by atoms with Gasteiger partial charge < -0.3 is 5.11 Å². The van der Waals surface area contributed by atoms with Gasteiger partial charge in [-0.1, -0.05) is 70.8 Å². The minimum Gasteiger partial charge on any atom is -0.345 e. The third kappa shape index (κ3) is 7.06. The fraction of sp³-hybridized carbons (Fsp3) is 0.857. The molecule has 1 heterocycles. The van der Waals surface area contributed by atoms with Crippen LogP contribution in [0.3, 0.4) is 0 Å². The lowest BCUT2D eigenvalue weighted by Crippen LogP contribution is -2.57. The van der Waals surface area contributed by atoms with Gasteiger partial charge in [-0.3, -0.25) is 4.48 Å². The summed E-state index contributed by atoms with van der Waals surface area (Å²) in [5.74, 6) is 0. The number of aliphatic hydroxyl groups excluding tert-OH is 1. The zero-order valence-corrected chi connectivity index (χ0v) is 16.4. The molecule has 1 N–H and O–H groups in total. The molecule has 0 aromatic heterocycles. The Kier molecular flexibility index (Phi) is 11.3. The number of aliphatic hydroxyl groups is 1. The zero-order chi connectivity index (χ0) is 17.7. The molecule has 0 amide bonds. The fourth-order valence-corrected chi connectivity index (χ4v) is 3.69. The molecule has 0 spiro atoms. The Morgan fingerprint density at radius 3 is 2.17 bits per heavy atom. The van der Waals surface area contributed by atoms with E-state index in [4.69, 9.17) is 0 Å². The summed E-state index contributed by atoms with van der Waals surface area (Å²) >= 11 is 0. The minimum atomic E-state index is -0.357. The molecule has 0 radical (unpaired) electrons. The lowest BCUT2D eigenvalue weighted by Gasteiger charge is -2.39. The smallest absolute Gasteiger partial charge is 0.204 e. The van der Waals surface area contributed by atoms with Crippen LogP contribution in [0.5, 0.6) is 0 Å². The molecule has 1 rings (SSSR count). The van der Waals surface area contributed by atoms with Crippen molar-refractivity contribution < 1.29 is 9.59 Å². The number of unbranched alkanes of at least 4 members (excludes halogenated alkanes) is 10. The third-order valence-corrected chi connectivity index (χ3v) is 5.57. The molecule has 3 heteroatoms. The molecule has 3 unspecified atom stereocenters. The second kappa shape index (κ2) is 12.7. The summed E-state index contributed by atoms with van der Waals surface area (Å²) in [5.41, 5.74) is 0. The van der Waals surface area contributed by atoms with Crippen molar-refractivity contribution in [3.05, 3.63) is 12.2 Å². The molecule has 3 nitrogen and oxygen atoms in total. The van der Waals surface area contributed by atoms with Crippen LogP contribution in [-0.4, -0.2) is 41.3 Å². The van der Waals surface area contributed by atoms with Crippen molar-refractivity contribution in [2.24, 2.45) is 4.99 Å². The van der Waals surface area contributed by atoms with Gasteiger partial charge in [0.2, 0.25) is 6.17 Å². The molecule has 0 aromatic carbocycles. The van der Waals surface area contributed by atoms with Crippen LogP contribution >= 0.6 is 0 Å². The number of rotatable bonds is 14. The van der Waals surface area contributed by atoms with Gasteiger partial charge in [-0.15, -0.1) is 0 Å². The number of likely N-dealkylation sites (N-methyl/N-ethyl adjacent to an activating group) is 1. The molecule has 3 atom stereocenters. The van der Waals surface area contributed by atoms with E-state index in [1.807, 2.05) is 13.1 Å². The second-order valence-electron chi connectivity index (χ2n) is 7.38. The van der Waals surface area contributed by atoms with Crippen molar-refractivity contribution in [1.29, 1.82) is 0 Å². The Labute approximate surface area is 150 Å². The normalized spacial score (nSPS) is 24.9. The van der Waals surface area contributed by atoms with E-state index in [1.54, 1.807) is 0 Å². The van der Waals surface area contributed by atoms with E-state index in [-0.39, 0.29) is 12.4 Å². The number of allylic oxidation sites excluding steroid dienone is 1. The third-order valence-electron chi connectivity index (χ3n) is 5.57.